The molecule has 15 heavy (non-hydrogen) atoms. The predicted molar refractivity (Wildman–Crippen MR) is 72.7 cm³/mol. The van der Waals surface area contributed by atoms with Gasteiger partial charge in [0.2, 0.25) is 0 Å². The van der Waals surface area contributed by atoms with Crippen LogP contribution in [0.3, 0.4) is 0 Å². The number of thioether (sulfide) groups is 1. The smallest absolute Gasteiger partial charge is 0.0104 e. The first-order valence-corrected chi connectivity index (χ1v) is 7.05. The average Bonchev–Trinajstić information content (AvgIpc) is 2.34. The van der Waals surface area contributed by atoms with Crippen molar-refractivity contribution in [2.75, 3.05) is 5.75 Å². The van der Waals surface area contributed by atoms with E-state index in [4.69, 9.17) is 0 Å². The number of benzene rings is 1. The zero-order valence-electron chi connectivity index (χ0n) is 10.7. The third kappa shape index (κ3) is 4.74. The average molecular weight is 224 g/mol. The third-order valence-electron chi connectivity index (χ3n) is 2.06. The molecule has 0 aliphatic carbocycles. The van der Waals surface area contributed by atoms with E-state index in [0.717, 1.165) is 5.92 Å². The van der Waals surface area contributed by atoms with Crippen molar-refractivity contribution in [2.45, 2.75) is 45.9 Å². The molecule has 0 amide bonds. The summed E-state index contributed by atoms with van der Waals surface area (Å²) in [6.45, 7) is 10.3. The summed E-state index contributed by atoms with van der Waals surface area (Å²) in [6, 6.07) is 8.74. The molecule has 2 rings (SSSR count). The second-order valence-corrected chi connectivity index (χ2v) is 4.29. The van der Waals surface area contributed by atoms with E-state index in [1.165, 1.54) is 22.6 Å². The van der Waals surface area contributed by atoms with Crippen LogP contribution in [0.5, 0.6) is 0 Å². The highest BCUT2D eigenvalue weighted by atomic mass is 32.2. The van der Waals surface area contributed by atoms with Gasteiger partial charge >= 0.3 is 0 Å². The summed E-state index contributed by atoms with van der Waals surface area (Å²) in [5, 5.41) is 0. The van der Waals surface area contributed by atoms with E-state index in [1.807, 2.05) is 39.5 Å². The number of fused-ring (bicyclic) bond motifs is 1. The van der Waals surface area contributed by atoms with Crippen LogP contribution >= 0.6 is 11.8 Å². The molecule has 1 unspecified atom stereocenters. The minimum absolute atomic E-state index is 0.856. The highest BCUT2D eigenvalue weighted by molar-refractivity contribution is 7.99. The van der Waals surface area contributed by atoms with Crippen LogP contribution in [0.1, 0.15) is 40.2 Å². The lowest BCUT2D eigenvalue weighted by molar-refractivity contribution is 0.640. The van der Waals surface area contributed by atoms with Gasteiger partial charge in [0.25, 0.3) is 0 Å². The van der Waals surface area contributed by atoms with Gasteiger partial charge in [-0.3, -0.25) is 0 Å². The molecule has 0 saturated heterocycles. The van der Waals surface area contributed by atoms with E-state index in [-0.39, 0.29) is 0 Å². The summed E-state index contributed by atoms with van der Waals surface area (Å²) in [6.07, 6.45) is 1.27. The Morgan fingerprint density at radius 3 is 2.33 bits per heavy atom. The summed E-state index contributed by atoms with van der Waals surface area (Å²) < 4.78 is 0. The highest BCUT2D eigenvalue weighted by Crippen LogP contribution is 2.31. The molecule has 86 valence electrons. The van der Waals surface area contributed by atoms with Crippen LogP contribution in [-0.2, 0) is 6.42 Å². The molecule has 1 heteroatoms. The SMILES string of the molecule is CC.CC.CC1CSc2ccccc2C1. The molecule has 0 aromatic heterocycles. The quantitative estimate of drug-likeness (QED) is 0.596. The lowest BCUT2D eigenvalue weighted by Gasteiger charge is -2.20. The zero-order valence-corrected chi connectivity index (χ0v) is 11.5. The lowest BCUT2D eigenvalue weighted by Crippen LogP contribution is -2.08. The molecule has 0 fully saturated rings. The van der Waals surface area contributed by atoms with Gasteiger partial charge in [0, 0.05) is 10.6 Å². The van der Waals surface area contributed by atoms with Crippen molar-refractivity contribution in [2.24, 2.45) is 5.92 Å². The van der Waals surface area contributed by atoms with Crippen LogP contribution in [0.4, 0.5) is 0 Å². The molecule has 1 aliphatic rings. The van der Waals surface area contributed by atoms with Crippen molar-refractivity contribution in [1.82, 2.24) is 0 Å². The Morgan fingerprint density at radius 1 is 1.07 bits per heavy atom. The van der Waals surface area contributed by atoms with Gasteiger partial charge in [0.15, 0.2) is 0 Å². The second-order valence-electron chi connectivity index (χ2n) is 3.23. The molecule has 0 saturated carbocycles. The van der Waals surface area contributed by atoms with Gasteiger partial charge in [0.1, 0.15) is 0 Å². The fourth-order valence-electron chi connectivity index (χ4n) is 1.48. The summed E-state index contributed by atoms with van der Waals surface area (Å²) in [5.41, 5.74) is 1.54. The lowest BCUT2D eigenvalue weighted by atomic mass is 10.0. The van der Waals surface area contributed by atoms with Crippen molar-refractivity contribution in [1.29, 1.82) is 0 Å². The van der Waals surface area contributed by atoms with Crippen LogP contribution in [0, 0.1) is 5.92 Å². The fourth-order valence-corrected chi connectivity index (χ4v) is 2.57. The topological polar surface area (TPSA) is 0 Å². The Morgan fingerprint density at radius 2 is 1.67 bits per heavy atom. The molecule has 0 N–H and O–H groups in total. The number of hydrogen-bond acceptors (Lipinski definition) is 1. The van der Waals surface area contributed by atoms with Crippen LogP contribution < -0.4 is 0 Å². The molecular weight excluding hydrogens is 200 g/mol. The first kappa shape index (κ1) is 14.6. The monoisotopic (exact) mass is 224 g/mol. The van der Waals surface area contributed by atoms with Gasteiger partial charge in [-0.25, -0.2) is 0 Å². The molecule has 0 nitrogen and oxygen atoms in total. The molecule has 1 aliphatic heterocycles. The Labute approximate surface area is 99.5 Å². The summed E-state index contributed by atoms with van der Waals surface area (Å²) >= 11 is 2.00. The molecule has 1 heterocycles. The van der Waals surface area contributed by atoms with Gasteiger partial charge in [-0.1, -0.05) is 52.8 Å². The van der Waals surface area contributed by atoms with Gasteiger partial charge in [-0.15, -0.1) is 11.8 Å². The molecule has 0 radical (unpaired) electrons. The molecule has 1 aromatic carbocycles. The predicted octanol–water partition coefficient (Wildman–Crippen LogP) is 5.02. The van der Waals surface area contributed by atoms with Crippen molar-refractivity contribution in [3.05, 3.63) is 29.8 Å². The highest BCUT2D eigenvalue weighted by Gasteiger charge is 2.13. The second kappa shape index (κ2) is 8.84. The Balaban J connectivity index is 0.000000442. The summed E-state index contributed by atoms with van der Waals surface area (Å²) in [7, 11) is 0. The molecule has 1 aromatic rings. The number of hydrogen-bond donors (Lipinski definition) is 0. The minimum Gasteiger partial charge on any atom is -0.126 e. The molecule has 1 atom stereocenters. The minimum atomic E-state index is 0.856. The fraction of sp³-hybridized carbons (Fsp3) is 0.571. The maximum Gasteiger partial charge on any atom is 0.0104 e. The van der Waals surface area contributed by atoms with E-state index in [2.05, 4.69) is 31.2 Å². The molecule has 0 spiro atoms. The van der Waals surface area contributed by atoms with Gasteiger partial charge in [0.05, 0.1) is 0 Å². The largest absolute Gasteiger partial charge is 0.126 e. The standard InChI is InChI=1S/C10H12S.2C2H6/c1-8-6-9-4-2-3-5-10(9)11-7-8;2*1-2/h2-5,8H,6-7H2,1H3;2*1-2H3. The van der Waals surface area contributed by atoms with Crippen LogP contribution in [0.25, 0.3) is 0 Å². The normalized spacial score (nSPS) is 17.5. The van der Waals surface area contributed by atoms with Crippen molar-refractivity contribution in [3.8, 4) is 0 Å². The van der Waals surface area contributed by atoms with Crippen molar-refractivity contribution < 1.29 is 0 Å². The van der Waals surface area contributed by atoms with E-state index in [1.54, 1.807) is 0 Å². The Kier molecular flexibility index (Phi) is 8.59. The van der Waals surface area contributed by atoms with Crippen LogP contribution in [0.15, 0.2) is 29.2 Å². The van der Waals surface area contributed by atoms with Crippen LogP contribution in [-0.4, -0.2) is 5.75 Å². The first-order valence-electron chi connectivity index (χ1n) is 6.07. The summed E-state index contributed by atoms with van der Waals surface area (Å²) in [4.78, 5) is 1.49. The Bertz CT molecular complexity index is 255. The van der Waals surface area contributed by atoms with E-state index < -0.39 is 0 Å². The van der Waals surface area contributed by atoms with Crippen LogP contribution in [0.2, 0.25) is 0 Å². The van der Waals surface area contributed by atoms with Crippen molar-refractivity contribution >= 4 is 11.8 Å². The van der Waals surface area contributed by atoms with E-state index in [0.29, 0.717) is 0 Å². The van der Waals surface area contributed by atoms with Crippen molar-refractivity contribution in [3.63, 3.8) is 0 Å². The Hall–Kier alpha value is -0.430. The van der Waals surface area contributed by atoms with E-state index >= 15 is 0 Å². The van der Waals surface area contributed by atoms with Gasteiger partial charge < -0.3 is 0 Å². The molecular formula is C14H24S. The molecule has 0 bridgehead atoms. The zero-order chi connectivity index (χ0) is 11.7. The maximum atomic E-state index is 2.32. The first-order chi connectivity index (χ1) is 7.36. The van der Waals surface area contributed by atoms with E-state index in [9.17, 15) is 0 Å². The van der Waals surface area contributed by atoms with Gasteiger partial charge in [-0.05, 0) is 24.0 Å². The summed E-state index contributed by atoms with van der Waals surface area (Å²) in [5.74, 6) is 2.15. The van der Waals surface area contributed by atoms with Gasteiger partial charge in [-0.2, -0.15) is 0 Å². The third-order valence-corrected chi connectivity index (χ3v) is 3.51. The maximum absolute atomic E-state index is 2.32. The number of rotatable bonds is 0.